The molecule has 1 aliphatic heterocycles. The number of amides is 1. The number of carbonyl (C=O) groups excluding carboxylic acids is 1. The summed E-state index contributed by atoms with van der Waals surface area (Å²) < 4.78 is 16.2. The summed E-state index contributed by atoms with van der Waals surface area (Å²) in [6.45, 7) is 0.903. The normalized spacial score (nSPS) is 16.2. The van der Waals surface area contributed by atoms with Crippen LogP contribution in [0.2, 0.25) is 0 Å². The van der Waals surface area contributed by atoms with Crippen molar-refractivity contribution in [3.63, 3.8) is 0 Å². The van der Waals surface area contributed by atoms with Crippen molar-refractivity contribution in [1.82, 2.24) is 4.90 Å². The molecule has 1 heterocycles. The molecule has 25 heavy (non-hydrogen) atoms. The van der Waals surface area contributed by atoms with Crippen LogP contribution < -0.4 is 14.8 Å². The van der Waals surface area contributed by atoms with E-state index in [2.05, 4.69) is 5.32 Å². The standard InChI is InChI=1S/C19H22N2O4/c1-23-12-11-21-18(14-8-6-10-16(24-2)17(14)25-3)20-15-9-5-4-7-13(15)19(21)22/h4-10,18,20H,11-12H2,1-3H3/t18-/m0/s1. The number of ether oxygens (including phenoxy) is 3. The summed E-state index contributed by atoms with van der Waals surface area (Å²) in [5.41, 5.74) is 2.29. The molecule has 0 aromatic heterocycles. The highest BCUT2D eigenvalue weighted by molar-refractivity contribution is 6.01. The first-order valence-electron chi connectivity index (χ1n) is 8.07. The van der Waals surface area contributed by atoms with Crippen LogP contribution in [0.3, 0.4) is 0 Å². The second kappa shape index (κ2) is 7.44. The predicted molar refractivity (Wildman–Crippen MR) is 95.3 cm³/mol. The summed E-state index contributed by atoms with van der Waals surface area (Å²) in [7, 11) is 4.81. The fourth-order valence-electron chi connectivity index (χ4n) is 3.09. The molecule has 1 amide bonds. The number of hydrogen-bond acceptors (Lipinski definition) is 5. The third-order valence-electron chi connectivity index (χ3n) is 4.29. The Hall–Kier alpha value is -2.73. The third-order valence-corrected chi connectivity index (χ3v) is 4.29. The Labute approximate surface area is 147 Å². The zero-order valence-corrected chi connectivity index (χ0v) is 14.6. The van der Waals surface area contributed by atoms with Crippen molar-refractivity contribution in [3.05, 3.63) is 53.6 Å². The molecular formula is C19H22N2O4. The van der Waals surface area contributed by atoms with Crippen molar-refractivity contribution >= 4 is 11.6 Å². The van der Waals surface area contributed by atoms with Gasteiger partial charge in [-0.2, -0.15) is 0 Å². The van der Waals surface area contributed by atoms with Gasteiger partial charge in [0.25, 0.3) is 5.91 Å². The van der Waals surface area contributed by atoms with Crippen LogP contribution in [-0.2, 0) is 4.74 Å². The van der Waals surface area contributed by atoms with E-state index in [0.29, 0.717) is 30.2 Å². The maximum absolute atomic E-state index is 13.0. The van der Waals surface area contributed by atoms with E-state index in [0.717, 1.165) is 11.3 Å². The van der Waals surface area contributed by atoms with E-state index < -0.39 is 0 Å². The van der Waals surface area contributed by atoms with Crippen LogP contribution in [0.4, 0.5) is 5.69 Å². The molecule has 6 nitrogen and oxygen atoms in total. The lowest BCUT2D eigenvalue weighted by atomic mass is 10.0. The van der Waals surface area contributed by atoms with Gasteiger partial charge in [0.05, 0.1) is 26.4 Å². The Kier molecular flexibility index (Phi) is 5.09. The number of carbonyl (C=O) groups is 1. The van der Waals surface area contributed by atoms with Crippen molar-refractivity contribution in [1.29, 1.82) is 0 Å². The molecule has 0 radical (unpaired) electrons. The second-order valence-electron chi connectivity index (χ2n) is 5.67. The van der Waals surface area contributed by atoms with Crippen LogP contribution in [0.15, 0.2) is 42.5 Å². The average molecular weight is 342 g/mol. The van der Waals surface area contributed by atoms with Gasteiger partial charge in [0.2, 0.25) is 0 Å². The zero-order valence-electron chi connectivity index (χ0n) is 14.6. The van der Waals surface area contributed by atoms with Gasteiger partial charge in [-0.15, -0.1) is 0 Å². The van der Waals surface area contributed by atoms with Crippen LogP contribution in [0.1, 0.15) is 22.1 Å². The van der Waals surface area contributed by atoms with E-state index in [1.807, 2.05) is 42.5 Å². The van der Waals surface area contributed by atoms with Gasteiger partial charge in [-0.25, -0.2) is 0 Å². The van der Waals surface area contributed by atoms with E-state index in [1.54, 1.807) is 26.2 Å². The molecule has 2 aromatic rings. The first-order chi connectivity index (χ1) is 12.2. The lowest BCUT2D eigenvalue weighted by Crippen LogP contribution is -2.44. The number of methoxy groups -OCH3 is 3. The van der Waals surface area contributed by atoms with Gasteiger partial charge in [0.15, 0.2) is 11.5 Å². The highest BCUT2D eigenvalue weighted by Crippen LogP contribution is 2.40. The minimum atomic E-state index is -0.373. The van der Waals surface area contributed by atoms with E-state index in [4.69, 9.17) is 14.2 Å². The number of nitrogens with one attached hydrogen (secondary N) is 1. The van der Waals surface area contributed by atoms with E-state index in [1.165, 1.54) is 0 Å². The zero-order chi connectivity index (χ0) is 17.8. The lowest BCUT2D eigenvalue weighted by Gasteiger charge is -2.38. The van der Waals surface area contributed by atoms with Crippen molar-refractivity contribution in [2.24, 2.45) is 0 Å². The topological polar surface area (TPSA) is 60.0 Å². The summed E-state index contributed by atoms with van der Waals surface area (Å²) in [5, 5.41) is 3.44. The molecule has 2 aromatic carbocycles. The minimum Gasteiger partial charge on any atom is -0.493 e. The monoisotopic (exact) mass is 342 g/mol. The summed E-state index contributed by atoms with van der Waals surface area (Å²) in [6, 6.07) is 13.1. The SMILES string of the molecule is COCCN1C(=O)c2ccccc2N[C@@H]1c1cccc(OC)c1OC. The summed E-state index contributed by atoms with van der Waals surface area (Å²) in [6.07, 6.45) is -0.373. The Morgan fingerprint density at radius 1 is 1.04 bits per heavy atom. The fourth-order valence-corrected chi connectivity index (χ4v) is 3.09. The largest absolute Gasteiger partial charge is 0.493 e. The van der Waals surface area contributed by atoms with Crippen LogP contribution in [0.25, 0.3) is 0 Å². The smallest absolute Gasteiger partial charge is 0.257 e. The Bertz CT molecular complexity index is 763. The highest BCUT2D eigenvalue weighted by atomic mass is 16.5. The van der Waals surface area contributed by atoms with Crippen molar-refractivity contribution < 1.29 is 19.0 Å². The van der Waals surface area contributed by atoms with E-state index in [-0.39, 0.29) is 12.1 Å². The number of anilines is 1. The average Bonchev–Trinajstić information content (AvgIpc) is 2.66. The first kappa shape index (κ1) is 17.1. The van der Waals surface area contributed by atoms with Gasteiger partial charge in [0.1, 0.15) is 6.17 Å². The highest BCUT2D eigenvalue weighted by Gasteiger charge is 2.34. The molecule has 132 valence electrons. The Morgan fingerprint density at radius 2 is 1.84 bits per heavy atom. The molecule has 3 rings (SSSR count). The molecular weight excluding hydrogens is 320 g/mol. The first-order valence-corrected chi connectivity index (χ1v) is 8.07. The number of rotatable bonds is 6. The number of benzene rings is 2. The molecule has 0 saturated heterocycles. The maximum Gasteiger partial charge on any atom is 0.257 e. The lowest BCUT2D eigenvalue weighted by molar-refractivity contribution is 0.0607. The molecule has 0 saturated carbocycles. The summed E-state index contributed by atoms with van der Waals surface area (Å²) in [5.74, 6) is 1.19. The summed E-state index contributed by atoms with van der Waals surface area (Å²) >= 11 is 0. The van der Waals surface area contributed by atoms with Gasteiger partial charge in [-0.1, -0.05) is 24.3 Å². The number of fused-ring (bicyclic) bond motifs is 1. The van der Waals surface area contributed by atoms with Gasteiger partial charge in [-0.3, -0.25) is 4.79 Å². The molecule has 0 unspecified atom stereocenters. The van der Waals surface area contributed by atoms with Crippen LogP contribution in [-0.4, -0.2) is 45.3 Å². The molecule has 0 spiro atoms. The minimum absolute atomic E-state index is 0.0405. The van der Waals surface area contributed by atoms with Crippen molar-refractivity contribution in [2.75, 3.05) is 39.8 Å². The van der Waals surface area contributed by atoms with Gasteiger partial charge >= 0.3 is 0 Å². The van der Waals surface area contributed by atoms with Gasteiger partial charge in [0, 0.05) is 24.9 Å². The van der Waals surface area contributed by atoms with Crippen LogP contribution in [0.5, 0.6) is 11.5 Å². The second-order valence-corrected chi connectivity index (χ2v) is 5.67. The Balaban J connectivity index is 2.08. The van der Waals surface area contributed by atoms with Gasteiger partial charge < -0.3 is 24.4 Å². The molecule has 1 N–H and O–H groups in total. The van der Waals surface area contributed by atoms with Crippen LogP contribution in [0, 0.1) is 0 Å². The molecule has 6 heteroatoms. The fraction of sp³-hybridized carbons (Fsp3) is 0.316. The van der Waals surface area contributed by atoms with E-state index >= 15 is 0 Å². The molecule has 0 bridgehead atoms. The maximum atomic E-state index is 13.0. The number of para-hydroxylation sites is 2. The summed E-state index contributed by atoms with van der Waals surface area (Å²) in [4.78, 5) is 14.8. The molecule has 0 aliphatic carbocycles. The third kappa shape index (κ3) is 3.13. The van der Waals surface area contributed by atoms with Crippen molar-refractivity contribution in [2.45, 2.75) is 6.17 Å². The van der Waals surface area contributed by atoms with Gasteiger partial charge in [-0.05, 0) is 18.2 Å². The Morgan fingerprint density at radius 3 is 2.56 bits per heavy atom. The van der Waals surface area contributed by atoms with Crippen molar-refractivity contribution in [3.8, 4) is 11.5 Å². The number of nitrogens with zero attached hydrogens (tertiary/aromatic N) is 1. The van der Waals surface area contributed by atoms with Crippen LogP contribution >= 0.6 is 0 Å². The molecule has 1 aliphatic rings. The predicted octanol–water partition coefficient (Wildman–Crippen LogP) is 2.92. The van der Waals surface area contributed by atoms with E-state index in [9.17, 15) is 4.79 Å². The molecule has 1 atom stereocenters. The molecule has 0 fully saturated rings. The quantitative estimate of drug-likeness (QED) is 0.875. The number of hydrogen-bond donors (Lipinski definition) is 1.